The van der Waals surface area contributed by atoms with E-state index in [2.05, 4.69) is 20.6 Å². The van der Waals surface area contributed by atoms with Crippen molar-refractivity contribution in [3.8, 4) is 0 Å². The summed E-state index contributed by atoms with van der Waals surface area (Å²) in [5, 5.41) is 5.71. The molecule has 2 aromatic carbocycles. The van der Waals surface area contributed by atoms with Crippen LogP contribution in [0.15, 0.2) is 54.9 Å². The molecule has 25 heavy (non-hydrogen) atoms. The first-order valence-corrected chi connectivity index (χ1v) is 7.76. The summed E-state index contributed by atoms with van der Waals surface area (Å²) >= 11 is 0. The van der Waals surface area contributed by atoms with Gasteiger partial charge in [0.2, 0.25) is 0 Å². The average molecular weight is 336 g/mol. The second-order valence-electron chi connectivity index (χ2n) is 5.61. The summed E-state index contributed by atoms with van der Waals surface area (Å²) in [7, 11) is 0. The molecule has 6 heteroatoms. The van der Waals surface area contributed by atoms with Crippen LogP contribution >= 0.6 is 0 Å². The van der Waals surface area contributed by atoms with Crippen molar-refractivity contribution in [1.82, 2.24) is 9.97 Å². The van der Waals surface area contributed by atoms with Gasteiger partial charge in [0.25, 0.3) is 5.91 Å². The summed E-state index contributed by atoms with van der Waals surface area (Å²) in [4.78, 5) is 20.4. The Morgan fingerprint density at radius 2 is 1.72 bits per heavy atom. The van der Waals surface area contributed by atoms with E-state index in [1.54, 1.807) is 12.1 Å². The van der Waals surface area contributed by atoms with Gasteiger partial charge in [0.1, 0.15) is 23.7 Å². The van der Waals surface area contributed by atoms with Crippen LogP contribution in [-0.4, -0.2) is 15.9 Å². The Morgan fingerprint density at radius 1 is 1.00 bits per heavy atom. The lowest BCUT2D eigenvalue weighted by Crippen LogP contribution is -2.15. The van der Waals surface area contributed by atoms with Crippen LogP contribution in [0.1, 0.15) is 21.6 Å². The summed E-state index contributed by atoms with van der Waals surface area (Å²) in [5.74, 6) is -0.512. The molecular weight excluding hydrogens is 319 g/mol. The number of carbonyl (C=O) groups excluding carboxylic acids is 1. The van der Waals surface area contributed by atoms with Gasteiger partial charge in [-0.15, -0.1) is 0 Å². The standard InChI is InChI=1S/C19H17FN4O/c1-12-6-5-7-13(2)18(12)24-17-10-16(21-11-22-17)19(25)23-15-9-4-3-8-14(15)20/h3-11H,1-2H3,(H,23,25)(H,21,22,24). The molecule has 0 atom stereocenters. The normalized spacial score (nSPS) is 10.4. The van der Waals surface area contributed by atoms with E-state index in [9.17, 15) is 9.18 Å². The van der Waals surface area contributed by atoms with E-state index in [1.807, 2.05) is 32.0 Å². The number of hydrogen-bond donors (Lipinski definition) is 2. The highest BCUT2D eigenvalue weighted by Crippen LogP contribution is 2.23. The van der Waals surface area contributed by atoms with Crippen molar-refractivity contribution in [2.75, 3.05) is 10.6 Å². The van der Waals surface area contributed by atoms with Gasteiger partial charge >= 0.3 is 0 Å². The van der Waals surface area contributed by atoms with Crippen molar-refractivity contribution >= 4 is 23.1 Å². The number of nitrogens with zero attached hydrogens (tertiary/aromatic N) is 2. The molecular formula is C19H17FN4O. The highest BCUT2D eigenvalue weighted by molar-refractivity contribution is 6.03. The number of para-hydroxylation sites is 2. The molecule has 0 aliphatic carbocycles. The number of nitrogens with one attached hydrogen (secondary N) is 2. The summed E-state index contributed by atoms with van der Waals surface area (Å²) in [6.45, 7) is 3.98. The quantitative estimate of drug-likeness (QED) is 0.748. The fourth-order valence-corrected chi connectivity index (χ4v) is 2.44. The molecule has 0 saturated carbocycles. The fourth-order valence-electron chi connectivity index (χ4n) is 2.44. The Balaban J connectivity index is 1.82. The number of aromatic nitrogens is 2. The maximum absolute atomic E-state index is 13.7. The Bertz CT molecular complexity index is 907. The number of rotatable bonds is 4. The molecule has 1 aromatic heterocycles. The minimum atomic E-state index is -0.503. The third kappa shape index (κ3) is 3.80. The van der Waals surface area contributed by atoms with Gasteiger partial charge in [0, 0.05) is 11.8 Å². The van der Waals surface area contributed by atoms with Crippen LogP contribution in [0.25, 0.3) is 0 Å². The lowest BCUT2D eigenvalue weighted by atomic mass is 10.1. The van der Waals surface area contributed by atoms with E-state index < -0.39 is 11.7 Å². The van der Waals surface area contributed by atoms with Crippen molar-refractivity contribution in [3.05, 3.63) is 77.5 Å². The molecule has 2 N–H and O–H groups in total. The highest BCUT2D eigenvalue weighted by Gasteiger charge is 2.12. The first-order valence-electron chi connectivity index (χ1n) is 7.76. The largest absolute Gasteiger partial charge is 0.340 e. The molecule has 0 saturated heterocycles. The van der Waals surface area contributed by atoms with Gasteiger partial charge in [-0.3, -0.25) is 4.79 Å². The molecule has 0 fully saturated rings. The number of amides is 1. The number of halogens is 1. The van der Waals surface area contributed by atoms with Crippen molar-refractivity contribution in [2.24, 2.45) is 0 Å². The van der Waals surface area contributed by atoms with Crippen LogP contribution in [0.3, 0.4) is 0 Å². The van der Waals surface area contributed by atoms with E-state index in [0.717, 1.165) is 16.8 Å². The van der Waals surface area contributed by atoms with Crippen LogP contribution in [0.5, 0.6) is 0 Å². The summed E-state index contributed by atoms with van der Waals surface area (Å²) in [5.41, 5.74) is 3.32. The maximum atomic E-state index is 13.7. The van der Waals surface area contributed by atoms with E-state index in [4.69, 9.17) is 0 Å². The Labute approximate surface area is 145 Å². The Morgan fingerprint density at radius 3 is 2.44 bits per heavy atom. The molecule has 0 aliphatic rings. The van der Waals surface area contributed by atoms with Crippen LogP contribution < -0.4 is 10.6 Å². The Kier molecular flexibility index (Phi) is 4.70. The third-order valence-electron chi connectivity index (χ3n) is 3.76. The minimum Gasteiger partial charge on any atom is -0.340 e. The maximum Gasteiger partial charge on any atom is 0.274 e. The molecule has 1 heterocycles. The van der Waals surface area contributed by atoms with E-state index >= 15 is 0 Å². The zero-order valence-corrected chi connectivity index (χ0v) is 13.9. The van der Waals surface area contributed by atoms with Gasteiger partial charge in [0.05, 0.1) is 5.69 Å². The summed E-state index contributed by atoms with van der Waals surface area (Å²) in [6.07, 6.45) is 1.30. The summed E-state index contributed by atoms with van der Waals surface area (Å²) < 4.78 is 13.7. The summed E-state index contributed by atoms with van der Waals surface area (Å²) in [6, 6.07) is 13.5. The van der Waals surface area contributed by atoms with E-state index in [0.29, 0.717) is 5.82 Å². The topological polar surface area (TPSA) is 66.9 Å². The number of benzene rings is 2. The number of anilines is 3. The molecule has 0 aliphatic heterocycles. The molecule has 5 nitrogen and oxygen atoms in total. The minimum absolute atomic E-state index is 0.107. The molecule has 0 spiro atoms. The van der Waals surface area contributed by atoms with Crippen LogP contribution in [0.2, 0.25) is 0 Å². The van der Waals surface area contributed by atoms with E-state index in [1.165, 1.54) is 24.5 Å². The second-order valence-corrected chi connectivity index (χ2v) is 5.61. The number of aryl methyl sites for hydroxylation is 2. The van der Waals surface area contributed by atoms with Crippen LogP contribution in [0.4, 0.5) is 21.6 Å². The van der Waals surface area contributed by atoms with Crippen molar-refractivity contribution in [3.63, 3.8) is 0 Å². The predicted octanol–water partition coefficient (Wildman–Crippen LogP) is 4.23. The molecule has 0 unspecified atom stereocenters. The zero-order valence-electron chi connectivity index (χ0n) is 13.9. The van der Waals surface area contributed by atoms with Crippen molar-refractivity contribution < 1.29 is 9.18 Å². The van der Waals surface area contributed by atoms with Crippen molar-refractivity contribution in [1.29, 1.82) is 0 Å². The number of hydrogen-bond acceptors (Lipinski definition) is 4. The highest BCUT2D eigenvalue weighted by atomic mass is 19.1. The molecule has 3 rings (SSSR count). The smallest absolute Gasteiger partial charge is 0.274 e. The Hall–Kier alpha value is -3.28. The lowest BCUT2D eigenvalue weighted by molar-refractivity contribution is 0.102. The second kappa shape index (κ2) is 7.09. The fraction of sp³-hybridized carbons (Fsp3) is 0.105. The molecule has 0 bridgehead atoms. The average Bonchev–Trinajstić information content (AvgIpc) is 2.60. The van der Waals surface area contributed by atoms with Gasteiger partial charge in [-0.05, 0) is 37.1 Å². The zero-order chi connectivity index (χ0) is 17.8. The SMILES string of the molecule is Cc1cccc(C)c1Nc1cc(C(=O)Nc2ccccc2F)ncn1. The van der Waals surface area contributed by atoms with Crippen molar-refractivity contribution in [2.45, 2.75) is 13.8 Å². The first-order chi connectivity index (χ1) is 12.0. The predicted molar refractivity (Wildman–Crippen MR) is 95.6 cm³/mol. The van der Waals surface area contributed by atoms with Gasteiger partial charge in [-0.25, -0.2) is 14.4 Å². The van der Waals surface area contributed by atoms with Gasteiger partial charge < -0.3 is 10.6 Å². The van der Waals surface area contributed by atoms with Gasteiger partial charge in [-0.1, -0.05) is 30.3 Å². The molecule has 3 aromatic rings. The van der Waals surface area contributed by atoms with E-state index in [-0.39, 0.29) is 11.4 Å². The first kappa shape index (κ1) is 16.6. The van der Waals surface area contributed by atoms with Crippen LogP contribution in [0, 0.1) is 19.7 Å². The monoisotopic (exact) mass is 336 g/mol. The molecule has 0 radical (unpaired) electrons. The van der Waals surface area contributed by atoms with Crippen LogP contribution in [-0.2, 0) is 0 Å². The third-order valence-corrected chi connectivity index (χ3v) is 3.76. The molecule has 126 valence electrons. The van der Waals surface area contributed by atoms with Gasteiger partial charge in [-0.2, -0.15) is 0 Å². The lowest BCUT2D eigenvalue weighted by Gasteiger charge is -2.12. The van der Waals surface area contributed by atoms with Gasteiger partial charge in [0.15, 0.2) is 0 Å². The number of carbonyl (C=O) groups is 1. The molecule has 1 amide bonds.